The highest BCUT2D eigenvalue weighted by Crippen LogP contribution is 2.25. The smallest absolute Gasteiger partial charge is 0.264 e. The molecule has 0 spiro atoms. The fourth-order valence-electron chi connectivity index (χ4n) is 5.01. The van der Waals surface area contributed by atoms with Crippen molar-refractivity contribution in [3.63, 3.8) is 0 Å². The highest BCUT2D eigenvalue weighted by atomic mass is 32.1. The van der Waals surface area contributed by atoms with Crippen LogP contribution in [0, 0.1) is 12.8 Å². The van der Waals surface area contributed by atoms with E-state index in [2.05, 4.69) is 0 Å². The quantitative estimate of drug-likeness (QED) is 0.574. The molecule has 176 valence electrons. The van der Waals surface area contributed by atoms with E-state index in [1.165, 1.54) is 11.3 Å². The molecule has 0 atom stereocenters. The van der Waals surface area contributed by atoms with E-state index in [0.29, 0.717) is 52.1 Å². The largest absolute Gasteiger partial charge is 0.339 e. The van der Waals surface area contributed by atoms with Gasteiger partial charge in [-0.25, -0.2) is 0 Å². The molecular weight excluding hydrogens is 446 g/mol. The Morgan fingerprint density at radius 1 is 0.735 bits per heavy atom. The van der Waals surface area contributed by atoms with Crippen molar-refractivity contribution in [2.45, 2.75) is 19.8 Å². The molecule has 2 aliphatic rings. The van der Waals surface area contributed by atoms with Crippen LogP contribution in [-0.2, 0) is 4.79 Å². The molecule has 0 unspecified atom stereocenters. The van der Waals surface area contributed by atoms with Gasteiger partial charge in [0.2, 0.25) is 5.91 Å². The number of piperidine rings is 1. The van der Waals surface area contributed by atoms with Crippen LogP contribution in [0.1, 0.15) is 37.7 Å². The number of carbonyl (C=O) groups excluding carboxylic acids is 3. The van der Waals surface area contributed by atoms with Crippen LogP contribution >= 0.6 is 11.3 Å². The maximum atomic E-state index is 13.2. The zero-order chi connectivity index (χ0) is 23.7. The van der Waals surface area contributed by atoms with E-state index in [9.17, 15) is 14.4 Å². The SMILES string of the molecule is Cc1ccc(C(=O)N2CCN(C(=O)C3CCN(C(=O)c4cccc5ccccc45)CC3)CC2)s1. The maximum Gasteiger partial charge on any atom is 0.264 e. The molecule has 0 saturated carbocycles. The van der Waals surface area contributed by atoms with Crippen LogP contribution in [-0.4, -0.2) is 71.7 Å². The van der Waals surface area contributed by atoms with Gasteiger partial charge in [0.15, 0.2) is 0 Å². The number of hydrogen-bond acceptors (Lipinski definition) is 4. The summed E-state index contributed by atoms with van der Waals surface area (Å²) in [6.07, 6.45) is 1.37. The minimum absolute atomic E-state index is 0.0404. The Labute approximate surface area is 203 Å². The van der Waals surface area contributed by atoms with Gasteiger partial charge in [-0.2, -0.15) is 0 Å². The van der Waals surface area contributed by atoms with E-state index in [0.717, 1.165) is 26.1 Å². The molecule has 2 saturated heterocycles. The van der Waals surface area contributed by atoms with Gasteiger partial charge >= 0.3 is 0 Å². The molecule has 2 aromatic carbocycles. The van der Waals surface area contributed by atoms with Crippen molar-refractivity contribution in [3.05, 3.63) is 69.9 Å². The molecule has 0 aliphatic carbocycles. The number of rotatable bonds is 3. The Kier molecular flexibility index (Phi) is 6.37. The second kappa shape index (κ2) is 9.58. The Hall–Kier alpha value is -3.19. The number of thiophene rings is 1. The predicted octanol–water partition coefficient (Wildman–Crippen LogP) is 4.05. The highest BCUT2D eigenvalue weighted by molar-refractivity contribution is 7.13. The van der Waals surface area contributed by atoms with Gasteiger partial charge in [-0.1, -0.05) is 36.4 Å². The lowest BCUT2D eigenvalue weighted by atomic mass is 9.94. The number of aryl methyl sites for hydroxylation is 1. The van der Waals surface area contributed by atoms with E-state index in [-0.39, 0.29) is 23.6 Å². The number of amides is 3. The van der Waals surface area contributed by atoms with Crippen LogP contribution in [0.5, 0.6) is 0 Å². The van der Waals surface area contributed by atoms with Gasteiger partial charge in [-0.3, -0.25) is 14.4 Å². The summed E-state index contributed by atoms with van der Waals surface area (Å²) in [4.78, 5) is 46.6. The third-order valence-corrected chi connectivity index (χ3v) is 7.97. The summed E-state index contributed by atoms with van der Waals surface area (Å²) in [6.45, 7) is 5.47. The molecule has 3 amide bonds. The number of nitrogens with zero attached hydrogens (tertiary/aromatic N) is 3. The molecule has 0 N–H and O–H groups in total. The Morgan fingerprint density at radius 3 is 2.09 bits per heavy atom. The van der Waals surface area contributed by atoms with Crippen LogP contribution in [0.3, 0.4) is 0 Å². The molecule has 7 heteroatoms. The molecule has 3 aromatic rings. The third-order valence-electron chi connectivity index (χ3n) is 6.98. The first kappa shape index (κ1) is 22.6. The molecular formula is C27H29N3O3S. The summed E-state index contributed by atoms with van der Waals surface area (Å²) < 4.78 is 0. The third kappa shape index (κ3) is 4.44. The molecule has 6 nitrogen and oxygen atoms in total. The summed E-state index contributed by atoms with van der Waals surface area (Å²) in [6, 6.07) is 17.6. The molecule has 2 fully saturated rings. The van der Waals surface area contributed by atoms with Crippen molar-refractivity contribution in [1.82, 2.24) is 14.7 Å². The van der Waals surface area contributed by atoms with E-state index in [1.807, 2.05) is 76.2 Å². The summed E-state index contributed by atoms with van der Waals surface area (Å²) >= 11 is 1.52. The van der Waals surface area contributed by atoms with Gasteiger partial charge in [0, 0.05) is 55.6 Å². The molecule has 0 radical (unpaired) electrons. The topological polar surface area (TPSA) is 60.9 Å². The first-order valence-electron chi connectivity index (χ1n) is 11.9. The van der Waals surface area contributed by atoms with Crippen LogP contribution < -0.4 is 0 Å². The van der Waals surface area contributed by atoms with Gasteiger partial charge < -0.3 is 14.7 Å². The van der Waals surface area contributed by atoms with E-state index >= 15 is 0 Å². The van der Waals surface area contributed by atoms with Gasteiger partial charge in [0.05, 0.1) is 4.88 Å². The number of carbonyl (C=O) groups is 3. The number of hydrogen-bond donors (Lipinski definition) is 0. The second-order valence-electron chi connectivity index (χ2n) is 9.12. The van der Waals surface area contributed by atoms with Crippen molar-refractivity contribution < 1.29 is 14.4 Å². The molecule has 34 heavy (non-hydrogen) atoms. The fraction of sp³-hybridized carbons (Fsp3) is 0.370. The minimum Gasteiger partial charge on any atom is -0.339 e. The Bertz CT molecular complexity index is 1220. The molecule has 1 aromatic heterocycles. The fourth-order valence-corrected chi connectivity index (χ4v) is 5.84. The van der Waals surface area contributed by atoms with Crippen molar-refractivity contribution in [3.8, 4) is 0 Å². The summed E-state index contributed by atoms with van der Waals surface area (Å²) in [5, 5.41) is 2.03. The van der Waals surface area contributed by atoms with Gasteiger partial charge in [-0.15, -0.1) is 11.3 Å². The minimum atomic E-state index is -0.0567. The maximum absolute atomic E-state index is 13.2. The molecule has 2 aliphatic heterocycles. The monoisotopic (exact) mass is 475 g/mol. The number of fused-ring (bicyclic) bond motifs is 1. The summed E-state index contributed by atoms with van der Waals surface area (Å²) in [5.41, 5.74) is 0.726. The number of piperazine rings is 1. The highest BCUT2D eigenvalue weighted by Gasteiger charge is 2.33. The van der Waals surface area contributed by atoms with Crippen LogP contribution in [0.4, 0.5) is 0 Å². The second-order valence-corrected chi connectivity index (χ2v) is 10.4. The lowest BCUT2D eigenvalue weighted by Crippen LogP contribution is -2.53. The van der Waals surface area contributed by atoms with Crippen molar-refractivity contribution in [1.29, 1.82) is 0 Å². The normalized spacial score (nSPS) is 17.3. The Balaban J connectivity index is 1.15. The molecule has 0 bridgehead atoms. The Morgan fingerprint density at radius 2 is 1.38 bits per heavy atom. The van der Waals surface area contributed by atoms with Gasteiger partial charge in [0.25, 0.3) is 11.8 Å². The van der Waals surface area contributed by atoms with Crippen LogP contribution in [0.2, 0.25) is 0 Å². The lowest BCUT2D eigenvalue weighted by molar-refractivity contribution is -0.138. The first-order valence-corrected chi connectivity index (χ1v) is 12.7. The number of benzene rings is 2. The van der Waals surface area contributed by atoms with Gasteiger partial charge in [0.1, 0.15) is 0 Å². The van der Waals surface area contributed by atoms with Crippen LogP contribution in [0.25, 0.3) is 10.8 Å². The average Bonchev–Trinajstić information content (AvgIpc) is 3.33. The van der Waals surface area contributed by atoms with Crippen LogP contribution in [0.15, 0.2) is 54.6 Å². The average molecular weight is 476 g/mol. The van der Waals surface area contributed by atoms with Crippen molar-refractivity contribution in [2.75, 3.05) is 39.3 Å². The van der Waals surface area contributed by atoms with Gasteiger partial charge in [-0.05, 0) is 48.7 Å². The van der Waals surface area contributed by atoms with E-state index in [4.69, 9.17) is 0 Å². The standard InChI is InChI=1S/C27H29N3O3S/c1-19-9-10-24(34-19)27(33)30-17-15-29(16-18-30)25(31)21-11-13-28(14-12-21)26(32)23-8-4-6-20-5-2-3-7-22(20)23/h2-10,21H,11-18H2,1H3. The zero-order valence-corrected chi connectivity index (χ0v) is 20.2. The molecule has 5 rings (SSSR count). The van der Waals surface area contributed by atoms with E-state index in [1.54, 1.807) is 0 Å². The zero-order valence-electron chi connectivity index (χ0n) is 19.4. The van der Waals surface area contributed by atoms with E-state index < -0.39 is 0 Å². The summed E-state index contributed by atoms with van der Waals surface area (Å²) in [5.74, 6) is 0.208. The predicted molar refractivity (Wildman–Crippen MR) is 134 cm³/mol. The first-order chi connectivity index (χ1) is 16.5. The van der Waals surface area contributed by atoms with Crippen molar-refractivity contribution in [2.24, 2.45) is 5.92 Å². The van der Waals surface area contributed by atoms with Crippen molar-refractivity contribution >= 4 is 39.8 Å². The molecule has 3 heterocycles. The lowest BCUT2D eigenvalue weighted by Gasteiger charge is -2.38. The number of likely N-dealkylation sites (tertiary alicyclic amines) is 1. The summed E-state index contributed by atoms with van der Waals surface area (Å²) in [7, 11) is 0.